The van der Waals surface area contributed by atoms with Gasteiger partial charge < -0.3 is 10.6 Å². The van der Waals surface area contributed by atoms with Crippen molar-refractivity contribution in [3.63, 3.8) is 0 Å². The highest BCUT2D eigenvalue weighted by atomic mass is 19.1. The molecular formula is C14H23FN2. The number of nitrogens with zero attached hydrogens (tertiary/aromatic N) is 1. The molecule has 0 saturated heterocycles. The van der Waals surface area contributed by atoms with E-state index in [1.807, 2.05) is 6.07 Å². The summed E-state index contributed by atoms with van der Waals surface area (Å²) >= 11 is 0. The van der Waals surface area contributed by atoms with Crippen LogP contribution in [0.15, 0.2) is 24.3 Å². The Morgan fingerprint density at radius 2 is 2.06 bits per heavy atom. The molecule has 17 heavy (non-hydrogen) atoms. The van der Waals surface area contributed by atoms with Crippen molar-refractivity contribution in [2.24, 2.45) is 5.73 Å². The fraction of sp³-hybridized carbons (Fsp3) is 0.571. The molecule has 0 aliphatic rings. The Morgan fingerprint density at radius 1 is 1.29 bits per heavy atom. The lowest BCUT2D eigenvalue weighted by Crippen LogP contribution is -2.28. The molecule has 2 nitrogen and oxygen atoms in total. The van der Waals surface area contributed by atoms with Crippen LogP contribution in [0.3, 0.4) is 0 Å². The number of hydrogen-bond acceptors (Lipinski definition) is 2. The summed E-state index contributed by atoms with van der Waals surface area (Å²) in [5.74, 6) is -0.209. The summed E-state index contributed by atoms with van der Waals surface area (Å²) in [6.07, 6.45) is 2.03. The largest absolute Gasteiger partial charge is 0.324 e. The van der Waals surface area contributed by atoms with Crippen LogP contribution in [0, 0.1) is 5.82 Å². The maximum atomic E-state index is 13.0. The summed E-state index contributed by atoms with van der Waals surface area (Å²) in [5, 5.41) is 0. The van der Waals surface area contributed by atoms with Crippen molar-refractivity contribution in [3.05, 3.63) is 35.6 Å². The van der Waals surface area contributed by atoms with Crippen molar-refractivity contribution >= 4 is 0 Å². The Kier molecular flexibility index (Phi) is 6.16. The highest BCUT2D eigenvalue weighted by Gasteiger charge is 2.09. The Balaban J connectivity index is 2.46. The molecule has 1 rings (SSSR count). The van der Waals surface area contributed by atoms with Crippen molar-refractivity contribution in [2.45, 2.75) is 32.7 Å². The maximum absolute atomic E-state index is 13.0. The van der Waals surface area contributed by atoms with Gasteiger partial charge in [-0.05, 0) is 50.2 Å². The van der Waals surface area contributed by atoms with Crippen LogP contribution in [0.4, 0.5) is 4.39 Å². The minimum atomic E-state index is -0.209. The molecule has 2 N–H and O–H groups in total. The Bertz CT molecular complexity index is 328. The Labute approximate surface area is 104 Å². The number of hydrogen-bond donors (Lipinski definition) is 1. The van der Waals surface area contributed by atoms with E-state index in [0.717, 1.165) is 38.0 Å². The predicted molar refractivity (Wildman–Crippen MR) is 70.4 cm³/mol. The van der Waals surface area contributed by atoms with Gasteiger partial charge in [-0.25, -0.2) is 4.39 Å². The van der Waals surface area contributed by atoms with E-state index >= 15 is 0 Å². The highest BCUT2D eigenvalue weighted by Crippen LogP contribution is 2.15. The summed E-state index contributed by atoms with van der Waals surface area (Å²) in [7, 11) is 0. The molecular weight excluding hydrogens is 215 g/mol. The van der Waals surface area contributed by atoms with Crippen molar-refractivity contribution in [1.82, 2.24) is 4.90 Å². The van der Waals surface area contributed by atoms with Gasteiger partial charge in [0.15, 0.2) is 0 Å². The van der Waals surface area contributed by atoms with Gasteiger partial charge in [0.2, 0.25) is 0 Å². The van der Waals surface area contributed by atoms with E-state index < -0.39 is 0 Å². The van der Waals surface area contributed by atoms with Gasteiger partial charge in [-0.2, -0.15) is 0 Å². The molecule has 0 amide bonds. The zero-order chi connectivity index (χ0) is 12.7. The Hall–Kier alpha value is -0.930. The van der Waals surface area contributed by atoms with E-state index in [0.29, 0.717) is 0 Å². The molecule has 1 unspecified atom stereocenters. The predicted octanol–water partition coefficient (Wildman–Crippen LogP) is 2.95. The summed E-state index contributed by atoms with van der Waals surface area (Å²) in [5.41, 5.74) is 6.96. The molecule has 1 aromatic rings. The van der Waals surface area contributed by atoms with E-state index in [1.165, 1.54) is 12.1 Å². The van der Waals surface area contributed by atoms with E-state index in [9.17, 15) is 4.39 Å². The molecule has 0 radical (unpaired) electrons. The van der Waals surface area contributed by atoms with Crippen LogP contribution < -0.4 is 5.73 Å². The van der Waals surface area contributed by atoms with E-state index in [-0.39, 0.29) is 11.9 Å². The zero-order valence-electron chi connectivity index (χ0n) is 10.8. The van der Waals surface area contributed by atoms with Crippen LogP contribution in [0.1, 0.15) is 38.3 Å². The third-order valence-corrected chi connectivity index (χ3v) is 3.02. The molecule has 0 heterocycles. The van der Waals surface area contributed by atoms with E-state index in [4.69, 9.17) is 5.73 Å². The van der Waals surface area contributed by atoms with Crippen LogP contribution in [-0.2, 0) is 0 Å². The van der Waals surface area contributed by atoms with Crippen LogP contribution in [-0.4, -0.2) is 24.5 Å². The molecule has 1 atom stereocenters. The smallest absolute Gasteiger partial charge is 0.123 e. The molecule has 0 aliphatic carbocycles. The third-order valence-electron chi connectivity index (χ3n) is 3.02. The van der Waals surface area contributed by atoms with Crippen LogP contribution in [0.25, 0.3) is 0 Å². The molecule has 0 fully saturated rings. The number of benzene rings is 1. The number of rotatable bonds is 7. The van der Waals surface area contributed by atoms with Gasteiger partial charge >= 0.3 is 0 Å². The van der Waals surface area contributed by atoms with Crippen molar-refractivity contribution in [3.8, 4) is 0 Å². The fourth-order valence-corrected chi connectivity index (χ4v) is 1.97. The van der Waals surface area contributed by atoms with Gasteiger partial charge in [-0.1, -0.05) is 26.0 Å². The van der Waals surface area contributed by atoms with Crippen molar-refractivity contribution in [2.75, 3.05) is 19.6 Å². The molecule has 96 valence electrons. The second-order valence-electron chi connectivity index (χ2n) is 4.38. The lowest BCUT2D eigenvalue weighted by atomic mass is 10.0. The van der Waals surface area contributed by atoms with Crippen molar-refractivity contribution < 1.29 is 4.39 Å². The van der Waals surface area contributed by atoms with Gasteiger partial charge in [0.05, 0.1) is 0 Å². The average molecular weight is 238 g/mol. The van der Waals surface area contributed by atoms with Crippen molar-refractivity contribution in [1.29, 1.82) is 0 Å². The zero-order valence-corrected chi connectivity index (χ0v) is 10.8. The lowest BCUT2D eigenvalue weighted by Gasteiger charge is -2.21. The highest BCUT2D eigenvalue weighted by molar-refractivity contribution is 5.19. The van der Waals surface area contributed by atoms with Crippen LogP contribution in [0.5, 0.6) is 0 Å². The molecule has 0 saturated carbocycles. The summed E-state index contributed by atoms with van der Waals surface area (Å²) in [6.45, 7) is 7.45. The molecule has 0 aromatic heterocycles. The standard InChI is InChI=1S/C14H23FN2/c1-3-9-17(4-2)10-8-14(16)12-6-5-7-13(15)11-12/h5-7,11,14H,3-4,8-10,16H2,1-2H3. The fourth-order valence-electron chi connectivity index (χ4n) is 1.97. The lowest BCUT2D eigenvalue weighted by molar-refractivity contribution is 0.277. The normalized spacial score (nSPS) is 13.0. The summed E-state index contributed by atoms with van der Waals surface area (Å²) in [6, 6.07) is 6.52. The molecule has 3 heteroatoms. The first kappa shape index (κ1) is 14.1. The third kappa shape index (κ3) is 4.84. The van der Waals surface area contributed by atoms with Gasteiger partial charge in [-0.3, -0.25) is 0 Å². The first-order valence-corrected chi connectivity index (χ1v) is 6.40. The molecule has 0 spiro atoms. The molecule has 0 aliphatic heterocycles. The summed E-state index contributed by atoms with van der Waals surface area (Å²) in [4.78, 5) is 2.37. The van der Waals surface area contributed by atoms with Gasteiger partial charge in [-0.15, -0.1) is 0 Å². The maximum Gasteiger partial charge on any atom is 0.123 e. The van der Waals surface area contributed by atoms with Gasteiger partial charge in [0.1, 0.15) is 5.82 Å². The first-order valence-electron chi connectivity index (χ1n) is 6.40. The number of halogens is 1. The minimum Gasteiger partial charge on any atom is -0.324 e. The average Bonchev–Trinajstić information content (AvgIpc) is 2.34. The topological polar surface area (TPSA) is 29.3 Å². The monoisotopic (exact) mass is 238 g/mol. The molecule has 1 aromatic carbocycles. The van der Waals surface area contributed by atoms with E-state index in [2.05, 4.69) is 18.7 Å². The summed E-state index contributed by atoms with van der Waals surface area (Å²) < 4.78 is 13.0. The van der Waals surface area contributed by atoms with Crippen LogP contribution in [0.2, 0.25) is 0 Å². The van der Waals surface area contributed by atoms with E-state index in [1.54, 1.807) is 6.07 Å². The second-order valence-corrected chi connectivity index (χ2v) is 4.38. The number of nitrogens with two attached hydrogens (primary N) is 1. The Morgan fingerprint density at radius 3 is 2.65 bits per heavy atom. The second kappa shape index (κ2) is 7.41. The minimum absolute atomic E-state index is 0.0726. The van der Waals surface area contributed by atoms with Gasteiger partial charge in [0, 0.05) is 6.04 Å². The van der Waals surface area contributed by atoms with Gasteiger partial charge in [0.25, 0.3) is 0 Å². The quantitative estimate of drug-likeness (QED) is 0.791. The first-order chi connectivity index (χ1) is 8.17. The van der Waals surface area contributed by atoms with Crippen LogP contribution >= 0.6 is 0 Å². The SMILES string of the molecule is CCCN(CC)CCC(N)c1cccc(F)c1. The molecule has 0 bridgehead atoms.